The van der Waals surface area contributed by atoms with E-state index in [0.717, 1.165) is 18.7 Å². The highest BCUT2D eigenvalue weighted by molar-refractivity contribution is 5.37. The van der Waals surface area contributed by atoms with Gasteiger partial charge in [-0.15, -0.1) is 0 Å². The van der Waals surface area contributed by atoms with Crippen molar-refractivity contribution in [2.75, 3.05) is 6.54 Å². The van der Waals surface area contributed by atoms with Crippen LogP contribution in [-0.4, -0.2) is 16.1 Å². The van der Waals surface area contributed by atoms with Crippen LogP contribution in [0.4, 0.5) is 0 Å². The molecule has 1 N–H and O–H groups in total. The van der Waals surface area contributed by atoms with Gasteiger partial charge < -0.3 is 9.88 Å². The first kappa shape index (κ1) is 12.4. The van der Waals surface area contributed by atoms with Crippen LogP contribution in [0, 0.1) is 13.8 Å². The predicted octanol–water partition coefficient (Wildman–Crippen LogP) is 2.95. The van der Waals surface area contributed by atoms with Gasteiger partial charge in [-0.25, -0.2) is 4.98 Å². The van der Waals surface area contributed by atoms with Crippen LogP contribution >= 0.6 is 0 Å². The summed E-state index contributed by atoms with van der Waals surface area (Å²) in [4.78, 5) is 4.45. The van der Waals surface area contributed by atoms with Crippen molar-refractivity contribution >= 4 is 0 Å². The highest BCUT2D eigenvalue weighted by Crippen LogP contribution is 2.39. The molecule has 2 aromatic rings. The molecule has 1 aromatic heterocycles. The average molecular weight is 255 g/mol. The van der Waals surface area contributed by atoms with Gasteiger partial charge in [0.2, 0.25) is 0 Å². The molecule has 3 heteroatoms. The van der Waals surface area contributed by atoms with Crippen LogP contribution < -0.4 is 5.32 Å². The molecule has 0 aliphatic heterocycles. The van der Waals surface area contributed by atoms with Crippen LogP contribution in [-0.2, 0) is 6.42 Å². The molecule has 0 radical (unpaired) electrons. The van der Waals surface area contributed by atoms with E-state index >= 15 is 0 Å². The van der Waals surface area contributed by atoms with Gasteiger partial charge >= 0.3 is 0 Å². The second-order valence-corrected chi connectivity index (χ2v) is 5.33. The van der Waals surface area contributed by atoms with E-state index in [1.54, 1.807) is 0 Å². The summed E-state index contributed by atoms with van der Waals surface area (Å²) in [5.41, 5.74) is 5.32. The van der Waals surface area contributed by atoms with Crippen LogP contribution in [0.25, 0.3) is 0 Å². The van der Waals surface area contributed by atoms with E-state index in [1.807, 2.05) is 6.33 Å². The molecule has 2 atom stereocenters. The zero-order valence-electron chi connectivity index (χ0n) is 11.9. The number of aryl methyl sites for hydroxylation is 1. The van der Waals surface area contributed by atoms with Gasteiger partial charge in [0.05, 0.1) is 24.1 Å². The summed E-state index contributed by atoms with van der Waals surface area (Å²) in [5.74, 6) is 0. The highest BCUT2D eigenvalue weighted by atomic mass is 15.1. The topological polar surface area (TPSA) is 29.9 Å². The van der Waals surface area contributed by atoms with Crippen LogP contribution in [0.5, 0.6) is 0 Å². The Labute approximate surface area is 114 Å². The Balaban J connectivity index is 2.01. The average Bonchev–Trinajstić information content (AvgIpc) is 2.93. The molecule has 1 aromatic carbocycles. The van der Waals surface area contributed by atoms with E-state index in [9.17, 15) is 0 Å². The van der Waals surface area contributed by atoms with Crippen LogP contribution in [0.15, 0.2) is 30.6 Å². The zero-order valence-corrected chi connectivity index (χ0v) is 11.9. The molecule has 0 saturated carbocycles. The lowest BCUT2D eigenvalue weighted by molar-refractivity contribution is 0.382. The van der Waals surface area contributed by atoms with E-state index in [-0.39, 0.29) is 0 Å². The third-order valence-corrected chi connectivity index (χ3v) is 4.27. The zero-order chi connectivity index (χ0) is 13.4. The molecule has 2 unspecified atom stereocenters. The van der Waals surface area contributed by atoms with Crippen molar-refractivity contribution in [3.05, 3.63) is 53.1 Å². The number of rotatable bonds is 3. The van der Waals surface area contributed by atoms with E-state index in [4.69, 9.17) is 0 Å². The molecule has 0 amide bonds. The number of hydrogen-bond donors (Lipinski definition) is 1. The Hall–Kier alpha value is -1.61. The number of benzene rings is 1. The number of imidazole rings is 1. The summed E-state index contributed by atoms with van der Waals surface area (Å²) >= 11 is 0. The monoisotopic (exact) mass is 255 g/mol. The normalized spacial score (nSPS) is 21.6. The predicted molar refractivity (Wildman–Crippen MR) is 77.3 cm³/mol. The van der Waals surface area contributed by atoms with Gasteiger partial charge in [-0.2, -0.15) is 0 Å². The lowest BCUT2D eigenvalue weighted by atomic mass is 10.1. The Morgan fingerprint density at radius 2 is 2.11 bits per heavy atom. The summed E-state index contributed by atoms with van der Waals surface area (Å²) in [7, 11) is 0. The Morgan fingerprint density at radius 3 is 2.79 bits per heavy atom. The summed E-state index contributed by atoms with van der Waals surface area (Å²) in [6, 6.07) is 9.61. The molecule has 0 fully saturated rings. The summed E-state index contributed by atoms with van der Waals surface area (Å²) in [6.07, 6.45) is 3.08. The van der Waals surface area contributed by atoms with Crippen LogP contribution in [0.1, 0.15) is 41.5 Å². The molecule has 0 saturated heterocycles. The SMILES string of the molecule is CCNC1c2ccccc2CC1n1cnc(C)c1C. The molecule has 3 nitrogen and oxygen atoms in total. The van der Waals surface area contributed by atoms with Gasteiger partial charge in [0, 0.05) is 5.69 Å². The fraction of sp³-hybridized carbons (Fsp3) is 0.438. The Morgan fingerprint density at radius 1 is 1.32 bits per heavy atom. The van der Waals surface area contributed by atoms with Crippen molar-refractivity contribution in [2.45, 2.75) is 39.3 Å². The van der Waals surface area contributed by atoms with E-state index in [2.05, 4.69) is 59.9 Å². The minimum atomic E-state index is 0.397. The first-order valence-corrected chi connectivity index (χ1v) is 7.03. The molecule has 100 valence electrons. The van der Waals surface area contributed by atoms with Gasteiger partial charge in [0.25, 0.3) is 0 Å². The fourth-order valence-corrected chi connectivity index (χ4v) is 3.15. The third-order valence-electron chi connectivity index (χ3n) is 4.27. The van der Waals surface area contributed by atoms with Gasteiger partial charge in [0.15, 0.2) is 0 Å². The van der Waals surface area contributed by atoms with Crippen molar-refractivity contribution < 1.29 is 0 Å². The molecule has 3 rings (SSSR count). The maximum Gasteiger partial charge on any atom is 0.0954 e. The van der Waals surface area contributed by atoms with Gasteiger partial charge in [0.1, 0.15) is 0 Å². The van der Waals surface area contributed by atoms with E-state index in [0.29, 0.717) is 12.1 Å². The second-order valence-electron chi connectivity index (χ2n) is 5.33. The van der Waals surface area contributed by atoms with Crippen molar-refractivity contribution in [1.29, 1.82) is 0 Å². The molecule has 1 heterocycles. The van der Waals surface area contributed by atoms with E-state index in [1.165, 1.54) is 16.8 Å². The first-order valence-electron chi connectivity index (χ1n) is 7.03. The smallest absolute Gasteiger partial charge is 0.0954 e. The number of nitrogens with zero attached hydrogens (tertiary/aromatic N) is 2. The second kappa shape index (κ2) is 4.82. The summed E-state index contributed by atoms with van der Waals surface area (Å²) in [6.45, 7) is 7.40. The molecular formula is C16H21N3. The van der Waals surface area contributed by atoms with Gasteiger partial charge in [-0.3, -0.25) is 0 Å². The first-order chi connectivity index (χ1) is 9.22. The van der Waals surface area contributed by atoms with Crippen molar-refractivity contribution in [1.82, 2.24) is 14.9 Å². The summed E-state index contributed by atoms with van der Waals surface area (Å²) in [5, 5.41) is 3.64. The maximum atomic E-state index is 4.45. The number of fused-ring (bicyclic) bond motifs is 1. The lowest BCUT2D eigenvalue weighted by Crippen LogP contribution is -2.27. The summed E-state index contributed by atoms with van der Waals surface area (Å²) < 4.78 is 2.34. The van der Waals surface area contributed by atoms with E-state index < -0.39 is 0 Å². The molecular weight excluding hydrogens is 234 g/mol. The van der Waals surface area contributed by atoms with Gasteiger partial charge in [-0.05, 0) is 37.9 Å². The number of nitrogens with one attached hydrogen (secondary N) is 1. The molecule has 1 aliphatic rings. The third kappa shape index (κ3) is 1.98. The van der Waals surface area contributed by atoms with Crippen LogP contribution in [0.3, 0.4) is 0 Å². The minimum absolute atomic E-state index is 0.397. The standard InChI is InChI=1S/C16H21N3/c1-4-17-16-14-8-6-5-7-13(14)9-15(16)19-10-18-11(2)12(19)3/h5-8,10,15-17H,4,9H2,1-3H3. The molecule has 1 aliphatic carbocycles. The fourth-order valence-electron chi connectivity index (χ4n) is 3.15. The Bertz CT molecular complexity index is 585. The quantitative estimate of drug-likeness (QED) is 0.914. The molecule has 0 bridgehead atoms. The maximum absolute atomic E-state index is 4.45. The number of aromatic nitrogens is 2. The highest BCUT2D eigenvalue weighted by Gasteiger charge is 2.33. The molecule has 0 spiro atoms. The van der Waals surface area contributed by atoms with Gasteiger partial charge in [-0.1, -0.05) is 31.2 Å². The largest absolute Gasteiger partial charge is 0.329 e. The lowest BCUT2D eigenvalue weighted by Gasteiger charge is -2.24. The number of hydrogen-bond acceptors (Lipinski definition) is 2. The van der Waals surface area contributed by atoms with Crippen LogP contribution in [0.2, 0.25) is 0 Å². The van der Waals surface area contributed by atoms with Crippen molar-refractivity contribution in [3.63, 3.8) is 0 Å². The number of likely N-dealkylation sites (N-methyl/N-ethyl adjacent to an activating group) is 1. The minimum Gasteiger partial charge on any atom is -0.329 e. The molecule has 19 heavy (non-hydrogen) atoms. The van der Waals surface area contributed by atoms with Crippen molar-refractivity contribution in [3.8, 4) is 0 Å². The van der Waals surface area contributed by atoms with Crippen molar-refractivity contribution in [2.24, 2.45) is 0 Å². The Kier molecular flexibility index (Phi) is 3.15.